The number of carbonyl (C=O) groups is 1. The number of primary amides is 1. The number of allylic oxidation sites excluding steroid dienone is 2. The Morgan fingerprint density at radius 2 is 2.10 bits per heavy atom. The molecule has 21 heavy (non-hydrogen) atoms. The number of nitrogens with two attached hydrogens (primary N) is 1. The zero-order valence-corrected chi connectivity index (χ0v) is 12.9. The fourth-order valence-corrected chi connectivity index (χ4v) is 3.81. The second-order valence-electron chi connectivity index (χ2n) is 5.02. The Hall–Kier alpha value is -2.01. The molecule has 2 N–H and O–H groups in total. The number of thioether (sulfide) groups is 1. The number of benzene rings is 1. The second kappa shape index (κ2) is 5.41. The van der Waals surface area contributed by atoms with E-state index < -0.39 is 5.91 Å². The first kappa shape index (κ1) is 13.9. The van der Waals surface area contributed by atoms with Crippen LogP contribution in [0.5, 0.6) is 0 Å². The zero-order valence-electron chi connectivity index (χ0n) is 12.0. The van der Waals surface area contributed by atoms with Crippen molar-refractivity contribution in [3.63, 3.8) is 0 Å². The molecule has 0 saturated heterocycles. The van der Waals surface area contributed by atoms with Gasteiger partial charge in [0.05, 0.1) is 17.3 Å². The Morgan fingerprint density at radius 3 is 2.71 bits per heavy atom. The predicted molar refractivity (Wildman–Crippen MR) is 86.3 cm³/mol. The van der Waals surface area contributed by atoms with E-state index >= 15 is 0 Å². The minimum atomic E-state index is -0.406. The highest BCUT2D eigenvalue weighted by Gasteiger charge is 2.38. The lowest BCUT2D eigenvalue weighted by molar-refractivity contribution is -0.115. The van der Waals surface area contributed by atoms with Gasteiger partial charge in [-0.3, -0.25) is 4.79 Å². The normalized spacial score (nSPS) is 21.0. The van der Waals surface area contributed by atoms with Crippen molar-refractivity contribution in [2.45, 2.75) is 26.3 Å². The number of aliphatic imine (C=N–C) groups is 1. The third kappa shape index (κ3) is 2.27. The van der Waals surface area contributed by atoms with Crippen molar-refractivity contribution in [2.24, 2.45) is 10.7 Å². The average Bonchev–Trinajstić information content (AvgIpc) is 2.88. The molecular weight excluding hydrogens is 282 g/mol. The summed E-state index contributed by atoms with van der Waals surface area (Å²) in [6.07, 6.45) is 0.889. The predicted octanol–water partition coefficient (Wildman–Crippen LogP) is 3.16. The largest absolute Gasteiger partial charge is 0.366 e. The number of fused-ring (bicyclic) bond motifs is 1. The number of hydrogen-bond donors (Lipinski definition) is 1. The number of rotatable bonds is 3. The molecule has 4 nitrogen and oxygen atoms in total. The van der Waals surface area contributed by atoms with Gasteiger partial charge in [-0.25, -0.2) is 4.99 Å². The van der Waals surface area contributed by atoms with E-state index in [2.05, 4.69) is 22.2 Å². The minimum Gasteiger partial charge on any atom is -0.366 e. The summed E-state index contributed by atoms with van der Waals surface area (Å²) in [4.78, 5) is 18.7. The van der Waals surface area contributed by atoms with Crippen molar-refractivity contribution in [3.8, 4) is 0 Å². The molecule has 0 fully saturated rings. The molecule has 3 rings (SSSR count). The molecule has 2 aliphatic rings. The van der Waals surface area contributed by atoms with E-state index in [1.807, 2.05) is 37.3 Å². The summed E-state index contributed by atoms with van der Waals surface area (Å²) in [7, 11) is 0. The Labute approximate surface area is 128 Å². The summed E-state index contributed by atoms with van der Waals surface area (Å²) < 4.78 is 0. The lowest BCUT2D eigenvalue weighted by Crippen LogP contribution is -2.37. The molecule has 2 aliphatic heterocycles. The van der Waals surface area contributed by atoms with Crippen molar-refractivity contribution < 1.29 is 4.79 Å². The van der Waals surface area contributed by atoms with E-state index in [-0.39, 0.29) is 6.04 Å². The first-order chi connectivity index (χ1) is 10.1. The van der Waals surface area contributed by atoms with Gasteiger partial charge in [-0.05, 0) is 24.3 Å². The van der Waals surface area contributed by atoms with Gasteiger partial charge in [0.15, 0.2) is 5.17 Å². The highest BCUT2D eigenvalue weighted by Crippen LogP contribution is 2.44. The molecule has 0 aliphatic carbocycles. The number of nitrogens with zero attached hydrogens (tertiary/aromatic N) is 2. The highest BCUT2D eigenvalue weighted by molar-refractivity contribution is 8.16. The van der Waals surface area contributed by atoms with Crippen LogP contribution in [0.2, 0.25) is 0 Å². The molecule has 1 aromatic rings. The Morgan fingerprint density at radius 1 is 1.38 bits per heavy atom. The Bertz CT molecular complexity index is 676. The summed E-state index contributed by atoms with van der Waals surface area (Å²) in [6, 6.07) is 9.80. The van der Waals surface area contributed by atoms with Gasteiger partial charge < -0.3 is 10.6 Å². The third-order valence-corrected chi connectivity index (χ3v) is 4.63. The first-order valence-corrected chi connectivity index (χ1v) is 7.80. The van der Waals surface area contributed by atoms with Crippen LogP contribution in [0.1, 0.15) is 31.9 Å². The molecular formula is C16H17N3OS. The molecule has 108 valence electrons. The van der Waals surface area contributed by atoms with E-state index in [0.717, 1.165) is 17.2 Å². The quantitative estimate of drug-likeness (QED) is 0.932. The third-order valence-electron chi connectivity index (χ3n) is 3.74. The van der Waals surface area contributed by atoms with Crippen LogP contribution in [0.3, 0.4) is 0 Å². The molecule has 1 atom stereocenters. The van der Waals surface area contributed by atoms with Crippen LogP contribution in [0.25, 0.3) is 0 Å². The maximum absolute atomic E-state index is 12.0. The molecule has 0 saturated carbocycles. The Kier molecular flexibility index (Phi) is 3.59. The number of amides is 1. The summed E-state index contributed by atoms with van der Waals surface area (Å²) in [5.41, 5.74) is 9.14. The fourth-order valence-electron chi connectivity index (χ4n) is 2.76. The lowest BCUT2D eigenvalue weighted by atomic mass is 9.93. The smallest absolute Gasteiger partial charge is 0.248 e. The monoisotopic (exact) mass is 299 g/mol. The summed E-state index contributed by atoms with van der Waals surface area (Å²) in [5, 5.41) is 3.02. The van der Waals surface area contributed by atoms with Crippen molar-refractivity contribution in [2.75, 3.05) is 0 Å². The van der Waals surface area contributed by atoms with Gasteiger partial charge >= 0.3 is 0 Å². The lowest BCUT2D eigenvalue weighted by Gasteiger charge is -2.36. The first-order valence-electron chi connectivity index (χ1n) is 6.92. The maximum atomic E-state index is 12.0. The fraction of sp³-hybridized carbons (Fsp3) is 0.250. The van der Waals surface area contributed by atoms with Gasteiger partial charge in [-0.15, -0.1) is 0 Å². The molecule has 1 unspecified atom stereocenters. The topological polar surface area (TPSA) is 58.7 Å². The SMILES string of the molecule is CCC1=CSC2=NC(C)=C(C(N)=O)C(c3ccccc3)N12. The molecule has 0 bridgehead atoms. The van der Waals surface area contributed by atoms with Crippen LogP contribution in [-0.4, -0.2) is 16.0 Å². The molecule has 0 aromatic heterocycles. The van der Waals surface area contributed by atoms with Gasteiger partial charge in [0.25, 0.3) is 0 Å². The van der Waals surface area contributed by atoms with Gasteiger partial charge in [0, 0.05) is 5.70 Å². The number of hydrogen-bond acceptors (Lipinski definition) is 4. The van der Waals surface area contributed by atoms with Crippen LogP contribution in [0, 0.1) is 0 Å². The number of amidine groups is 1. The molecule has 0 spiro atoms. The number of carbonyl (C=O) groups excluding carboxylic acids is 1. The van der Waals surface area contributed by atoms with Crippen LogP contribution in [0.15, 0.2) is 57.7 Å². The molecule has 1 aromatic carbocycles. The van der Waals surface area contributed by atoms with Gasteiger partial charge in [0.1, 0.15) is 0 Å². The van der Waals surface area contributed by atoms with E-state index in [4.69, 9.17) is 5.73 Å². The van der Waals surface area contributed by atoms with E-state index in [0.29, 0.717) is 11.3 Å². The standard InChI is InChI=1S/C16H17N3OS/c1-3-12-9-21-16-18-10(2)13(15(17)20)14(19(12)16)11-7-5-4-6-8-11/h4-9,14H,3H2,1-2H3,(H2,17,20). The second-order valence-corrected chi connectivity index (χ2v) is 5.86. The Balaban J connectivity index is 2.17. The van der Waals surface area contributed by atoms with Crippen LogP contribution in [0.4, 0.5) is 0 Å². The van der Waals surface area contributed by atoms with Crippen molar-refractivity contribution in [3.05, 3.63) is 58.3 Å². The van der Waals surface area contributed by atoms with Crippen LogP contribution < -0.4 is 5.73 Å². The van der Waals surface area contributed by atoms with E-state index in [1.54, 1.807) is 11.8 Å². The van der Waals surface area contributed by atoms with E-state index in [9.17, 15) is 4.79 Å². The average molecular weight is 299 g/mol. The van der Waals surface area contributed by atoms with Crippen LogP contribution >= 0.6 is 11.8 Å². The molecule has 5 heteroatoms. The van der Waals surface area contributed by atoms with Crippen molar-refractivity contribution >= 4 is 22.8 Å². The zero-order chi connectivity index (χ0) is 15.0. The van der Waals surface area contributed by atoms with Gasteiger partial charge in [-0.2, -0.15) is 0 Å². The molecule has 1 amide bonds. The van der Waals surface area contributed by atoms with Gasteiger partial charge in [-0.1, -0.05) is 49.0 Å². The maximum Gasteiger partial charge on any atom is 0.248 e. The molecule has 2 heterocycles. The minimum absolute atomic E-state index is 0.183. The van der Waals surface area contributed by atoms with E-state index in [1.165, 1.54) is 5.70 Å². The summed E-state index contributed by atoms with van der Waals surface area (Å²) >= 11 is 1.60. The summed E-state index contributed by atoms with van der Waals surface area (Å²) in [5.74, 6) is -0.406. The van der Waals surface area contributed by atoms with Gasteiger partial charge in [0.2, 0.25) is 5.91 Å². The molecule has 0 radical (unpaired) electrons. The van der Waals surface area contributed by atoms with Crippen molar-refractivity contribution in [1.82, 2.24) is 4.90 Å². The van der Waals surface area contributed by atoms with Crippen LogP contribution in [-0.2, 0) is 4.79 Å². The highest BCUT2D eigenvalue weighted by atomic mass is 32.2. The summed E-state index contributed by atoms with van der Waals surface area (Å²) in [6.45, 7) is 3.96. The van der Waals surface area contributed by atoms with Crippen molar-refractivity contribution in [1.29, 1.82) is 0 Å².